The molecule has 0 aromatic heterocycles. The van der Waals surface area contributed by atoms with Gasteiger partial charge in [0.15, 0.2) is 0 Å². The lowest BCUT2D eigenvalue weighted by molar-refractivity contribution is -0.127. The van der Waals surface area contributed by atoms with Crippen LogP contribution in [-0.2, 0) is 9.53 Å². The third-order valence-electron chi connectivity index (χ3n) is 2.12. The van der Waals surface area contributed by atoms with Crippen LogP contribution in [-0.4, -0.2) is 41.9 Å². The number of hydrogen-bond acceptors (Lipinski definition) is 3. The maximum Gasteiger partial charge on any atom is 0.245 e. The van der Waals surface area contributed by atoms with E-state index >= 15 is 0 Å². The Balaban J connectivity index is 2.12. The average Bonchev–Trinajstić information content (AvgIpc) is 2.16. The first-order valence-corrected chi connectivity index (χ1v) is 5.41. The second-order valence-corrected chi connectivity index (χ2v) is 4.46. The monoisotopic (exact) mass is 298 g/mol. The minimum absolute atomic E-state index is 0.0445. The quantitative estimate of drug-likeness (QED) is 0.611. The summed E-state index contributed by atoms with van der Waals surface area (Å²) < 4.78 is 7.69. The molecule has 1 saturated heterocycles. The number of likely N-dealkylation sites (N-methyl/N-ethyl adjacent to an activating group) is 1. The number of halogens is 1. The highest BCUT2D eigenvalue weighted by atomic mass is 127. The van der Waals surface area contributed by atoms with Crippen LogP contribution < -0.4 is 5.32 Å². The van der Waals surface area contributed by atoms with Crippen LogP contribution in [0.1, 0.15) is 12.8 Å². The van der Waals surface area contributed by atoms with Crippen molar-refractivity contribution in [3.05, 3.63) is 0 Å². The van der Waals surface area contributed by atoms with Crippen molar-refractivity contribution in [2.45, 2.75) is 18.9 Å². The molecular weight excluding hydrogens is 283 g/mol. The summed E-state index contributed by atoms with van der Waals surface area (Å²) in [5.74, 6) is -0.0445. The van der Waals surface area contributed by atoms with Gasteiger partial charge >= 0.3 is 0 Å². The van der Waals surface area contributed by atoms with Gasteiger partial charge < -0.3 is 10.1 Å². The van der Waals surface area contributed by atoms with Crippen LogP contribution in [0.25, 0.3) is 0 Å². The Bertz CT molecular complexity index is 170. The van der Waals surface area contributed by atoms with Gasteiger partial charge in [-0.2, -0.15) is 0 Å². The zero-order valence-corrected chi connectivity index (χ0v) is 9.91. The molecule has 1 aliphatic heterocycles. The van der Waals surface area contributed by atoms with Crippen molar-refractivity contribution in [1.29, 1.82) is 0 Å². The van der Waals surface area contributed by atoms with Gasteiger partial charge in [0.25, 0.3) is 0 Å². The van der Waals surface area contributed by atoms with Gasteiger partial charge in [0, 0.05) is 43.0 Å². The van der Waals surface area contributed by atoms with Crippen LogP contribution in [0.15, 0.2) is 0 Å². The van der Waals surface area contributed by atoms with Crippen LogP contribution >= 0.6 is 22.9 Å². The minimum Gasteiger partial charge on any atom is -0.368 e. The molecule has 1 rings (SSSR count). The molecule has 0 aromatic rings. The van der Waals surface area contributed by atoms with E-state index in [1.54, 1.807) is 7.05 Å². The average molecular weight is 298 g/mol. The zero-order chi connectivity index (χ0) is 9.68. The molecule has 0 bridgehead atoms. The number of amides is 1. The van der Waals surface area contributed by atoms with E-state index in [1.807, 2.05) is 0 Å². The maximum absolute atomic E-state index is 10.9. The SMILES string of the molecule is CNC(=O)COC1CCN(I)CC1. The molecule has 0 aliphatic carbocycles. The van der Waals surface area contributed by atoms with Gasteiger partial charge in [0.1, 0.15) is 6.61 Å². The number of carbonyl (C=O) groups excluding carboxylic acids is 1. The van der Waals surface area contributed by atoms with E-state index in [-0.39, 0.29) is 18.6 Å². The third kappa shape index (κ3) is 4.24. The highest BCUT2D eigenvalue weighted by Crippen LogP contribution is 2.15. The van der Waals surface area contributed by atoms with Gasteiger partial charge in [-0.25, -0.2) is 3.11 Å². The minimum atomic E-state index is -0.0445. The molecule has 1 N–H and O–H groups in total. The fourth-order valence-electron chi connectivity index (χ4n) is 1.26. The van der Waals surface area contributed by atoms with Crippen molar-refractivity contribution in [3.63, 3.8) is 0 Å². The highest BCUT2D eigenvalue weighted by molar-refractivity contribution is 14.1. The van der Waals surface area contributed by atoms with E-state index in [9.17, 15) is 4.79 Å². The predicted octanol–water partition coefficient (Wildman–Crippen LogP) is 0.563. The second kappa shape index (κ2) is 5.77. The number of nitrogens with zero attached hydrogens (tertiary/aromatic N) is 1. The molecule has 0 unspecified atom stereocenters. The van der Waals surface area contributed by atoms with Crippen molar-refractivity contribution in [3.8, 4) is 0 Å². The summed E-state index contributed by atoms with van der Waals surface area (Å²) in [4.78, 5) is 10.9. The number of rotatable bonds is 3. The maximum atomic E-state index is 10.9. The van der Waals surface area contributed by atoms with Gasteiger partial charge in [-0.15, -0.1) is 0 Å². The van der Waals surface area contributed by atoms with E-state index in [0.29, 0.717) is 0 Å². The molecule has 5 heteroatoms. The Labute approximate surface area is 92.5 Å². The summed E-state index contributed by atoms with van der Waals surface area (Å²) in [5.41, 5.74) is 0. The van der Waals surface area contributed by atoms with Gasteiger partial charge in [0.2, 0.25) is 5.91 Å². The van der Waals surface area contributed by atoms with Crippen LogP contribution in [0, 0.1) is 0 Å². The molecule has 0 atom stereocenters. The third-order valence-corrected chi connectivity index (χ3v) is 3.08. The summed E-state index contributed by atoms with van der Waals surface area (Å²) in [6.07, 6.45) is 2.32. The lowest BCUT2D eigenvalue weighted by Gasteiger charge is -2.27. The van der Waals surface area contributed by atoms with Crippen LogP contribution in [0.2, 0.25) is 0 Å². The van der Waals surface area contributed by atoms with Crippen LogP contribution in [0.4, 0.5) is 0 Å². The molecule has 76 valence electrons. The second-order valence-electron chi connectivity index (χ2n) is 3.09. The van der Waals surface area contributed by atoms with Gasteiger partial charge in [-0.05, 0) is 12.8 Å². The zero-order valence-electron chi connectivity index (χ0n) is 7.75. The fraction of sp³-hybridized carbons (Fsp3) is 0.875. The lowest BCUT2D eigenvalue weighted by Crippen LogP contribution is -2.33. The highest BCUT2D eigenvalue weighted by Gasteiger charge is 2.18. The van der Waals surface area contributed by atoms with Crippen molar-refractivity contribution in [2.75, 3.05) is 26.7 Å². The smallest absolute Gasteiger partial charge is 0.245 e. The molecule has 0 spiro atoms. The van der Waals surface area contributed by atoms with Gasteiger partial charge in [-0.1, -0.05) is 0 Å². The van der Waals surface area contributed by atoms with Crippen molar-refractivity contribution in [1.82, 2.24) is 8.43 Å². The number of nitrogens with one attached hydrogen (secondary N) is 1. The largest absolute Gasteiger partial charge is 0.368 e. The summed E-state index contributed by atoms with van der Waals surface area (Å²) in [5, 5.41) is 2.54. The number of carbonyl (C=O) groups is 1. The van der Waals surface area contributed by atoms with E-state index in [4.69, 9.17) is 4.74 Å². The molecular formula is C8H15IN2O2. The Morgan fingerprint density at radius 3 is 2.77 bits per heavy atom. The topological polar surface area (TPSA) is 41.6 Å². The van der Waals surface area contributed by atoms with Crippen molar-refractivity contribution in [2.24, 2.45) is 0 Å². The fourth-order valence-corrected chi connectivity index (χ4v) is 1.81. The lowest BCUT2D eigenvalue weighted by atomic mass is 10.1. The number of piperidine rings is 1. The Morgan fingerprint density at radius 1 is 1.62 bits per heavy atom. The molecule has 1 fully saturated rings. The molecule has 1 amide bonds. The molecule has 1 aliphatic rings. The first-order valence-electron chi connectivity index (χ1n) is 4.45. The first-order chi connectivity index (χ1) is 6.22. The van der Waals surface area contributed by atoms with Crippen LogP contribution in [0.3, 0.4) is 0 Å². The van der Waals surface area contributed by atoms with Crippen molar-refractivity contribution < 1.29 is 9.53 Å². The predicted molar refractivity (Wildman–Crippen MR) is 58.6 cm³/mol. The van der Waals surface area contributed by atoms with E-state index in [1.165, 1.54) is 0 Å². The van der Waals surface area contributed by atoms with E-state index in [2.05, 4.69) is 31.3 Å². The Kier molecular flexibility index (Phi) is 4.97. The normalized spacial score (nSPS) is 20.2. The number of hydrogen-bond donors (Lipinski definition) is 1. The molecule has 1 heterocycles. The van der Waals surface area contributed by atoms with Gasteiger partial charge in [0.05, 0.1) is 6.10 Å². The Morgan fingerprint density at radius 2 is 2.23 bits per heavy atom. The molecule has 13 heavy (non-hydrogen) atoms. The summed E-state index contributed by atoms with van der Waals surface area (Å²) in [7, 11) is 1.62. The van der Waals surface area contributed by atoms with Crippen LogP contribution in [0.5, 0.6) is 0 Å². The van der Waals surface area contributed by atoms with E-state index < -0.39 is 0 Å². The summed E-state index contributed by atoms with van der Waals surface area (Å²) in [6.45, 7) is 2.31. The first kappa shape index (κ1) is 11.2. The molecule has 4 nitrogen and oxygen atoms in total. The molecule has 0 saturated carbocycles. The van der Waals surface area contributed by atoms with E-state index in [0.717, 1.165) is 25.9 Å². The van der Waals surface area contributed by atoms with Crippen molar-refractivity contribution >= 4 is 28.8 Å². The molecule has 0 aromatic carbocycles. The number of ether oxygens (including phenoxy) is 1. The Hall–Kier alpha value is 0.120. The molecule has 0 radical (unpaired) electrons. The summed E-state index contributed by atoms with van der Waals surface area (Å²) in [6, 6.07) is 0. The standard InChI is InChI=1S/C8H15IN2O2/c1-10-8(12)6-13-7-2-4-11(9)5-3-7/h7H,2-6H2,1H3,(H,10,12). The summed E-state index contributed by atoms with van der Waals surface area (Å²) >= 11 is 2.31. The van der Waals surface area contributed by atoms with Gasteiger partial charge in [-0.3, -0.25) is 4.79 Å².